The van der Waals surface area contributed by atoms with Gasteiger partial charge in [0.2, 0.25) is 0 Å². The van der Waals surface area contributed by atoms with E-state index in [1.165, 1.54) is 0 Å². The van der Waals surface area contributed by atoms with Crippen LogP contribution in [0, 0.1) is 0 Å². The largest absolute Gasteiger partial charge is 0.500 e. The van der Waals surface area contributed by atoms with Crippen LogP contribution in [0.3, 0.4) is 0 Å². The summed E-state index contributed by atoms with van der Waals surface area (Å²) in [5, 5.41) is 0.796. The lowest BCUT2D eigenvalue weighted by atomic mass is 10.0. The minimum atomic E-state index is -0.134. The van der Waals surface area contributed by atoms with Crippen molar-refractivity contribution >= 4 is 50.5 Å². The van der Waals surface area contributed by atoms with Crippen LogP contribution in [0.4, 0.5) is 0 Å². The predicted octanol–water partition coefficient (Wildman–Crippen LogP) is 6.62. The van der Waals surface area contributed by atoms with Crippen molar-refractivity contribution in [1.82, 2.24) is 0 Å². The number of ketones is 1. The molecule has 0 unspecified atom stereocenters. The molecule has 1 aromatic carbocycles. The first-order valence-electron chi connectivity index (χ1n) is 7.83. The van der Waals surface area contributed by atoms with Crippen LogP contribution in [0.1, 0.15) is 12.0 Å². The number of hydrogen-bond acceptors (Lipinski definition) is 2. The van der Waals surface area contributed by atoms with Gasteiger partial charge in [0, 0.05) is 22.0 Å². The lowest BCUT2D eigenvalue weighted by molar-refractivity contribution is -0.110. The number of carbonyl (C=O) groups excluding carboxylic acids is 1. The molecule has 0 heterocycles. The number of methoxy groups -OCH3 is 1. The summed E-state index contributed by atoms with van der Waals surface area (Å²) in [5.74, 6) is 0.424. The highest BCUT2D eigenvalue weighted by molar-refractivity contribution is 9.10. The summed E-state index contributed by atoms with van der Waals surface area (Å²) in [7, 11) is 1.54. The topological polar surface area (TPSA) is 26.3 Å². The Bertz CT molecular complexity index is 939. The fourth-order valence-electron chi connectivity index (χ4n) is 2.90. The molecule has 0 bridgehead atoms. The van der Waals surface area contributed by atoms with Gasteiger partial charge >= 0.3 is 0 Å². The summed E-state index contributed by atoms with van der Waals surface area (Å²) in [4.78, 5) is 13.1. The minimum Gasteiger partial charge on any atom is -0.500 e. The maximum absolute atomic E-state index is 13.1. The van der Waals surface area contributed by atoms with E-state index >= 15 is 0 Å². The van der Waals surface area contributed by atoms with E-state index in [1.54, 1.807) is 19.2 Å². The van der Waals surface area contributed by atoms with Crippen molar-refractivity contribution in [3.63, 3.8) is 0 Å². The summed E-state index contributed by atoms with van der Waals surface area (Å²) < 4.78 is 6.22. The molecule has 0 saturated carbocycles. The molecule has 0 radical (unpaired) electrons. The third-order valence-corrected chi connectivity index (χ3v) is 5.11. The monoisotopic (exact) mass is 448 g/mol. The van der Waals surface area contributed by atoms with Crippen LogP contribution < -0.4 is 0 Å². The van der Waals surface area contributed by atoms with Gasteiger partial charge in [-0.15, -0.1) is 0 Å². The van der Waals surface area contributed by atoms with Gasteiger partial charge < -0.3 is 4.74 Å². The van der Waals surface area contributed by atoms with Gasteiger partial charge in [-0.2, -0.15) is 0 Å². The summed E-state index contributed by atoms with van der Waals surface area (Å²) in [5.41, 5.74) is 3.30. The molecule has 132 valence electrons. The normalized spacial score (nSPS) is 18.6. The summed E-state index contributed by atoms with van der Waals surface area (Å²) in [6.45, 7) is 3.95. The van der Waals surface area contributed by atoms with Gasteiger partial charge in [0.25, 0.3) is 0 Å². The second-order valence-corrected chi connectivity index (χ2v) is 7.59. The highest BCUT2D eigenvalue weighted by atomic mass is 79.9. The van der Waals surface area contributed by atoms with E-state index in [4.69, 9.17) is 27.9 Å². The molecular formula is C21H15BrCl2O2. The molecular weight excluding hydrogens is 435 g/mol. The van der Waals surface area contributed by atoms with Gasteiger partial charge in [0.15, 0.2) is 5.78 Å². The zero-order valence-corrected chi connectivity index (χ0v) is 17.1. The second kappa shape index (κ2) is 7.83. The number of ether oxygens (including phenoxy) is 1. The molecule has 2 nitrogen and oxygen atoms in total. The molecule has 0 spiro atoms. The molecule has 0 amide bonds. The molecule has 1 aromatic rings. The minimum absolute atomic E-state index is 0.134. The molecule has 26 heavy (non-hydrogen) atoms. The Morgan fingerprint density at radius 2 is 1.85 bits per heavy atom. The van der Waals surface area contributed by atoms with Crippen molar-refractivity contribution in [3.8, 4) is 0 Å². The Labute approximate surface area is 171 Å². The molecule has 5 heteroatoms. The standard InChI is InChI=1S/C21H15BrCl2O2/c1-12-5-3-4-6-13(7-12)8-14-9-18(26-2)20(21(14)25)19-16(23)10-15(22)11-17(19)24/h3-8,10-11H,1,9H2,2H3. The van der Waals surface area contributed by atoms with Crippen molar-refractivity contribution in [2.75, 3.05) is 7.11 Å². The van der Waals surface area contributed by atoms with Crippen LogP contribution in [-0.2, 0) is 9.53 Å². The summed E-state index contributed by atoms with van der Waals surface area (Å²) in [6.07, 6.45) is 11.8. The van der Waals surface area contributed by atoms with Crippen LogP contribution in [-0.4, -0.2) is 12.9 Å². The molecule has 0 N–H and O–H groups in total. The van der Waals surface area contributed by atoms with Crippen molar-refractivity contribution in [2.24, 2.45) is 0 Å². The first-order valence-corrected chi connectivity index (χ1v) is 9.38. The first-order chi connectivity index (χ1) is 12.4. The highest BCUT2D eigenvalue weighted by Gasteiger charge is 2.32. The molecule has 3 rings (SSSR count). The van der Waals surface area contributed by atoms with E-state index in [0.29, 0.717) is 38.9 Å². The van der Waals surface area contributed by atoms with Crippen molar-refractivity contribution in [1.29, 1.82) is 0 Å². The Balaban J connectivity index is 2.05. The molecule has 0 aliphatic heterocycles. The van der Waals surface area contributed by atoms with Crippen molar-refractivity contribution in [3.05, 3.63) is 97.7 Å². The Kier molecular flexibility index (Phi) is 5.71. The van der Waals surface area contributed by atoms with Crippen molar-refractivity contribution in [2.45, 2.75) is 6.42 Å². The number of benzene rings is 1. The van der Waals surface area contributed by atoms with Gasteiger partial charge in [-0.05, 0) is 35.4 Å². The van der Waals surface area contributed by atoms with E-state index in [0.717, 1.165) is 15.6 Å². The average Bonchev–Trinajstić information content (AvgIpc) is 2.73. The van der Waals surface area contributed by atoms with Crippen LogP contribution in [0.15, 0.2) is 82.1 Å². The molecule has 2 aliphatic carbocycles. The van der Waals surface area contributed by atoms with E-state index < -0.39 is 0 Å². The molecule has 0 atom stereocenters. The molecule has 0 fully saturated rings. The van der Waals surface area contributed by atoms with Crippen molar-refractivity contribution < 1.29 is 9.53 Å². The number of Topliss-reactive ketones (excluding diaryl/α,β-unsaturated/α-hetero) is 1. The van der Waals surface area contributed by atoms with Crippen LogP contribution in [0.25, 0.3) is 5.57 Å². The van der Waals surface area contributed by atoms with E-state index in [2.05, 4.69) is 22.5 Å². The Morgan fingerprint density at radius 1 is 1.19 bits per heavy atom. The van der Waals surface area contributed by atoms with Gasteiger partial charge in [-0.3, -0.25) is 4.79 Å². The van der Waals surface area contributed by atoms with E-state index in [1.807, 2.05) is 36.5 Å². The molecule has 0 aromatic heterocycles. The first kappa shape index (κ1) is 19.0. The average molecular weight is 450 g/mol. The third kappa shape index (κ3) is 3.80. The maximum Gasteiger partial charge on any atom is 0.193 e. The van der Waals surface area contributed by atoms with Gasteiger partial charge in [-0.25, -0.2) is 0 Å². The molecule has 2 aliphatic rings. The second-order valence-electron chi connectivity index (χ2n) is 5.86. The van der Waals surface area contributed by atoms with E-state index in [-0.39, 0.29) is 5.78 Å². The fraction of sp³-hybridized carbons (Fsp3) is 0.0952. The quantitative estimate of drug-likeness (QED) is 0.484. The SMILES string of the molecule is C=C1C=CC=CC(C=C2CC(OC)=C(c3c(Cl)cc(Br)cc3Cl)C2=O)=C1. The predicted molar refractivity (Wildman–Crippen MR) is 111 cm³/mol. The number of halogens is 3. The van der Waals surface area contributed by atoms with Gasteiger partial charge in [-0.1, -0.05) is 70.0 Å². The fourth-order valence-corrected chi connectivity index (χ4v) is 4.30. The number of hydrogen-bond donors (Lipinski definition) is 0. The number of allylic oxidation sites excluding steroid dienone is 10. The molecule has 0 saturated heterocycles. The Hall–Kier alpha value is -1.81. The van der Waals surface area contributed by atoms with E-state index in [9.17, 15) is 4.79 Å². The summed E-state index contributed by atoms with van der Waals surface area (Å²) >= 11 is 16.1. The number of carbonyl (C=O) groups is 1. The van der Waals surface area contributed by atoms with Gasteiger partial charge in [0.1, 0.15) is 5.76 Å². The zero-order chi connectivity index (χ0) is 18.8. The third-order valence-electron chi connectivity index (χ3n) is 4.05. The maximum atomic E-state index is 13.1. The summed E-state index contributed by atoms with van der Waals surface area (Å²) in [6, 6.07) is 3.43. The highest BCUT2D eigenvalue weighted by Crippen LogP contribution is 2.42. The van der Waals surface area contributed by atoms with Crippen LogP contribution in [0.5, 0.6) is 0 Å². The van der Waals surface area contributed by atoms with Crippen LogP contribution in [0.2, 0.25) is 10.0 Å². The number of rotatable bonds is 3. The lowest BCUT2D eigenvalue weighted by Crippen LogP contribution is -2.01. The smallest absolute Gasteiger partial charge is 0.193 e. The Morgan fingerprint density at radius 3 is 2.50 bits per heavy atom. The zero-order valence-electron chi connectivity index (χ0n) is 14.0. The van der Waals surface area contributed by atoms with Crippen LogP contribution >= 0.6 is 39.1 Å². The lowest BCUT2D eigenvalue weighted by Gasteiger charge is -2.10. The van der Waals surface area contributed by atoms with Gasteiger partial charge in [0.05, 0.1) is 22.7 Å².